The molecule has 2 aromatic rings. The molecular formula is C23H23Cl3N2O2. The SMILES string of the molecule is N#Cc1ccc(CCC(Cc2cc(Cl)ccc2Cl)C2CCN(C(=O)CO)C2)cc1Cl. The molecule has 4 nitrogen and oxygen atoms in total. The minimum Gasteiger partial charge on any atom is -0.387 e. The minimum absolute atomic E-state index is 0.226. The van der Waals surface area contributed by atoms with Gasteiger partial charge in [-0.25, -0.2) is 0 Å². The Morgan fingerprint density at radius 2 is 2.00 bits per heavy atom. The lowest BCUT2D eigenvalue weighted by Gasteiger charge is -2.25. The van der Waals surface area contributed by atoms with Crippen LogP contribution in [-0.2, 0) is 17.6 Å². The Morgan fingerprint density at radius 3 is 2.70 bits per heavy atom. The molecule has 2 aromatic carbocycles. The largest absolute Gasteiger partial charge is 0.387 e. The van der Waals surface area contributed by atoms with Gasteiger partial charge < -0.3 is 10.0 Å². The van der Waals surface area contributed by atoms with Gasteiger partial charge in [-0.1, -0.05) is 40.9 Å². The molecule has 2 atom stereocenters. The fourth-order valence-corrected chi connectivity index (χ4v) is 4.78. The van der Waals surface area contributed by atoms with E-state index in [4.69, 9.17) is 40.1 Å². The van der Waals surface area contributed by atoms with Crippen LogP contribution in [0.5, 0.6) is 0 Å². The van der Waals surface area contributed by atoms with Crippen LogP contribution in [-0.4, -0.2) is 35.6 Å². The summed E-state index contributed by atoms with van der Waals surface area (Å²) in [5.41, 5.74) is 2.54. The number of aryl methyl sites for hydroxylation is 1. The summed E-state index contributed by atoms with van der Waals surface area (Å²) in [5.74, 6) is 0.368. The smallest absolute Gasteiger partial charge is 0.248 e. The number of nitrogens with zero attached hydrogens (tertiary/aromatic N) is 2. The molecule has 1 N–H and O–H groups in total. The zero-order valence-electron chi connectivity index (χ0n) is 16.5. The Hall–Kier alpha value is -1.77. The molecule has 0 bridgehead atoms. The van der Waals surface area contributed by atoms with Crippen molar-refractivity contribution in [3.05, 3.63) is 68.2 Å². The second-order valence-corrected chi connectivity index (χ2v) is 8.96. The van der Waals surface area contributed by atoms with Gasteiger partial charge in [0, 0.05) is 23.1 Å². The van der Waals surface area contributed by atoms with Crippen molar-refractivity contribution < 1.29 is 9.90 Å². The normalized spacial score (nSPS) is 17.0. The first-order valence-corrected chi connectivity index (χ1v) is 11.1. The number of aliphatic hydroxyl groups excluding tert-OH is 1. The van der Waals surface area contributed by atoms with Crippen LogP contribution in [0.4, 0.5) is 0 Å². The van der Waals surface area contributed by atoms with Gasteiger partial charge in [0.2, 0.25) is 5.91 Å². The summed E-state index contributed by atoms with van der Waals surface area (Å²) in [4.78, 5) is 13.6. The highest BCUT2D eigenvalue weighted by atomic mass is 35.5. The van der Waals surface area contributed by atoms with Gasteiger partial charge >= 0.3 is 0 Å². The second kappa shape index (κ2) is 10.5. The van der Waals surface area contributed by atoms with Crippen molar-refractivity contribution in [1.82, 2.24) is 4.90 Å². The van der Waals surface area contributed by atoms with Crippen LogP contribution in [0.25, 0.3) is 0 Å². The van der Waals surface area contributed by atoms with Crippen LogP contribution in [0.15, 0.2) is 36.4 Å². The third-order valence-corrected chi connectivity index (χ3v) is 6.74. The molecule has 1 aliphatic rings. The van der Waals surface area contributed by atoms with E-state index in [1.807, 2.05) is 24.3 Å². The number of rotatable bonds is 7. The molecular weight excluding hydrogens is 443 g/mol. The monoisotopic (exact) mass is 464 g/mol. The van der Waals surface area contributed by atoms with Crippen molar-refractivity contribution in [3.63, 3.8) is 0 Å². The lowest BCUT2D eigenvalue weighted by molar-refractivity contribution is -0.133. The van der Waals surface area contributed by atoms with Crippen molar-refractivity contribution >= 4 is 40.7 Å². The molecule has 30 heavy (non-hydrogen) atoms. The van der Waals surface area contributed by atoms with E-state index in [9.17, 15) is 9.90 Å². The highest BCUT2D eigenvalue weighted by molar-refractivity contribution is 6.33. The lowest BCUT2D eigenvalue weighted by Crippen LogP contribution is -2.32. The minimum atomic E-state index is -0.457. The zero-order chi connectivity index (χ0) is 21.7. The maximum absolute atomic E-state index is 11.9. The van der Waals surface area contributed by atoms with Gasteiger partial charge in [0.1, 0.15) is 12.7 Å². The average Bonchev–Trinajstić information content (AvgIpc) is 3.23. The van der Waals surface area contributed by atoms with Crippen molar-refractivity contribution in [2.24, 2.45) is 11.8 Å². The Labute approximate surface area is 192 Å². The number of hydrogen-bond acceptors (Lipinski definition) is 3. The van der Waals surface area contributed by atoms with Crippen LogP contribution in [0.1, 0.15) is 29.5 Å². The van der Waals surface area contributed by atoms with E-state index in [0.29, 0.717) is 39.6 Å². The van der Waals surface area contributed by atoms with Crippen LogP contribution in [0, 0.1) is 23.2 Å². The number of aliphatic hydroxyl groups is 1. The van der Waals surface area contributed by atoms with Crippen LogP contribution < -0.4 is 0 Å². The van der Waals surface area contributed by atoms with Gasteiger partial charge in [0.25, 0.3) is 0 Å². The topological polar surface area (TPSA) is 64.3 Å². The molecule has 0 spiro atoms. The summed E-state index contributed by atoms with van der Waals surface area (Å²) in [6.45, 7) is 0.837. The molecule has 7 heteroatoms. The molecule has 1 saturated heterocycles. The van der Waals surface area contributed by atoms with E-state index in [1.54, 1.807) is 17.0 Å². The molecule has 1 heterocycles. The third-order valence-electron chi connectivity index (χ3n) is 5.83. The molecule has 0 saturated carbocycles. The molecule has 158 valence electrons. The number of nitriles is 1. The molecule has 0 aromatic heterocycles. The first-order chi connectivity index (χ1) is 14.4. The van der Waals surface area contributed by atoms with Crippen molar-refractivity contribution in [1.29, 1.82) is 5.26 Å². The number of likely N-dealkylation sites (tertiary alicyclic amines) is 1. The van der Waals surface area contributed by atoms with Gasteiger partial charge in [0.15, 0.2) is 0 Å². The first-order valence-electron chi connectivity index (χ1n) is 9.92. The number of carbonyl (C=O) groups is 1. The average molecular weight is 466 g/mol. The quantitative estimate of drug-likeness (QED) is 0.615. The predicted molar refractivity (Wildman–Crippen MR) is 120 cm³/mol. The molecule has 1 aliphatic heterocycles. The molecule has 3 rings (SSSR count). The van der Waals surface area contributed by atoms with Crippen LogP contribution in [0.2, 0.25) is 15.1 Å². The standard InChI is InChI=1S/C23H23Cl3N2O2/c24-20-5-6-21(25)19(11-20)10-16(18-7-8-28(13-18)23(30)14-29)3-1-15-2-4-17(12-27)22(26)9-15/h2,4-6,9,11,16,18,29H,1,3,7-8,10,13-14H2. The van der Waals surface area contributed by atoms with Gasteiger partial charge in [-0.3, -0.25) is 4.79 Å². The highest BCUT2D eigenvalue weighted by Gasteiger charge is 2.31. The van der Waals surface area contributed by atoms with E-state index >= 15 is 0 Å². The van der Waals surface area contributed by atoms with Gasteiger partial charge in [-0.05, 0) is 79.0 Å². The Morgan fingerprint density at radius 1 is 1.20 bits per heavy atom. The summed E-state index contributed by atoms with van der Waals surface area (Å²) >= 11 is 18.8. The fraction of sp³-hybridized carbons (Fsp3) is 0.391. The maximum Gasteiger partial charge on any atom is 0.248 e. The second-order valence-electron chi connectivity index (χ2n) is 7.71. The van der Waals surface area contributed by atoms with Gasteiger partial charge in [-0.15, -0.1) is 0 Å². The Balaban J connectivity index is 1.77. The van der Waals surface area contributed by atoms with Gasteiger partial charge in [-0.2, -0.15) is 5.26 Å². The van der Waals surface area contributed by atoms with Crippen molar-refractivity contribution in [3.8, 4) is 6.07 Å². The fourth-order valence-electron chi connectivity index (χ4n) is 4.14. The van der Waals surface area contributed by atoms with E-state index in [-0.39, 0.29) is 11.8 Å². The molecule has 1 fully saturated rings. The van der Waals surface area contributed by atoms with Crippen LogP contribution >= 0.6 is 34.8 Å². The summed E-state index contributed by atoms with van der Waals surface area (Å²) in [5, 5.41) is 20.0. The van der Waals surface area contributed by atoms with E-state index < -0.39 is 6.61 Å². The summed E-state index contributed by atoms with van der Waals surface area (Å²) < 4.78 is 0. The number of carbonyl (C=O) groups excluding carboxylic acids is 1. The summed E-state index contributed by atoms with van der Waals surface area (Å²) in [6, 6.07) is 13.1. The summed E-state index contributed by atoms with van der Waals surface area (Å²) in [7, 11) is 0. The zero-order valence-corrected chi connectivity index (χ0v) is 18.7. The number of benzene rings is 2. The maximum atomic E-state index is 11.9. The number of halogens is 3. The Kier molecular flexibility index (Phi) is 8.02. The van der Waals surface area contributed by atoms with Gasteiger partial charge in [0.05, 0.1) is 10.6 Å². The summed E-state index contributed by atoms with van der Waals surface area (Å²) in [6.07, 6.45) is 3.34. The molecule has 0 aliphatic carbocycles. The van der Waals surface area contributed by atoms with E-state index in [2.05, 4.69) is 6.07 Å². The Bertz CT molecular complexity index is 958. The number of amides is 1. The molecule has 1 amide bonds. The first kappa shape index (κ1) is 22.9. The lowest BCUT2D eigenvalue weighted by atomic mass is 9.82. The van der Waals surface area contributed by atoms with Crippen molar-refractivity contribution in [2.45, 2.75) is 25.7 Å². The molecule has 0 radical (unpaired) electrons. The third kappa shape index (κ3) is 5.68. The van der Waals surface area contributed by atoms with E-state index in [0.717, 1.165) is 36.8 Å². The molecule has 2 unspecified atom stereocenters. The number of hydrogen-bond donors (Lipinski definition) is 1. The van der Waals surface area contributed by atoms with Crippen molar-refractivity contribution in [2.75, 3.05) is 19.7 Å². The van der Waals surface area contributed by atoms with E-state index in [1.165, 1.54) is 0 Å². The predicted octanol–water partition coefficient (Wildman–Crippen LogP) is 5.15. The highest BCUT2D eigenvalue weighted by Crippen LogP contribution is 2.33. The van der Waals surface area contributed by atoms with Crippen LogP contribution in [0.3, 0.4) is 0 Å².